The molecule has 6 heteroatoms. The van der Waals surface area contributed by atoms with Crippen LogP contribution in [0.15, 0.2) is 91.0 Å². The predicted octanol–water partition coefficient (Wildman–Crippen LogP) is 5.38. The maximum absolute atomic E-state index is 13.3. The third kappa shape index (κ3) is 5.96. The van der Waals surface area contributed by atoms with E-state index in [0.717, 1.165) is 44.0 Å². The molecule has 1 saturated heterocycles. The van der Waals surface area contributed by atoms with E-state index in [9.17, 15) is 4.39 Å². The van der Waals surface area contributed by atoms with Crippen LogP contribution in [0.25, 0.3) is 11.4 Å². The smallest absolute Gasteiger partial charge is 0.217 e. The highest BCUT2D eigenvalue weighted by molar-refractivity contribution is 5.55. The van der Waals surface area contributed by atoms with Crippen LogP contribution in [0.4, 0.5) is 4.39 Å². The van der Waals surface area contributed by atoms with Crippen molar-refractivity contribution in [3.05, 3.63) is 114 Å². The fraction of sp³-hybridized carbons (Fsp3) is 0.267. The second-order valence-corrected chi connectivity index (χ2v) is 9.13. The Labute approximate surface area is 212 Å². The van der Waals surface area contributed by atoms with E-state index in [-0.39, 0.29) is 11.9 Å². The molecule has 2 heterocycles. The average molecular weight is 483 g/mol. The van der Waals surface area contributed by atoms with Crippen molar-refractivity contribution in [3.63, 3.8) is 0 Å². The number of piperazine rings is 1. The van der Waals surface area contributed by atoms with Crippen LogP contribution in [0, 0.1) is 12.7 Å². The number of hydrogen-bond donors (Lipinski definition) is 0. The third-order valence-corrected chi connectivity index (χ3v) is 6.59. The molecule has 3 aromatic carbocycles. The second kappa shape index (κ2) is 11.4. The summed E-state index contributed by atoms with van der Waals surface area (Å²) >= 11 is 0. The molecule has 0 aliphatic carbocycles. The molecule has 0 bridgehead atoms. The Morgan fingerprint density at radius 2 is 1.42 bits per heavy atom. The van der Waals surface area contributed by atoms with Gasteiger partial charge >= 0.3 is 0 Å². The van der Waals surface area contributed by atoms with E-state index in [1.807, 2.05) is 13.0 Å². The minimum Gasteiger partial charge on any atom is -0.476 e. The monoisotopic (exact) mass is 482 g/mol. The van der Waals surface area contributed by atoms with Gasteiger partial charge in [0, 0.05) is 50.0 Å². The van der Waals surface area contributed by atoms with Gasteiger partial charge in [0.25, 0.3) is 0 Å². The van der Waals surface area contributed by atoms with E-state index >= 15 is 0 Å². The number of rotatable bonds is 8. The normalized spacial score (nSPS) is 14.8. The molecule has 4 aromatic rings. The minimum atomic E-state index is -0.276. The van der Waals surface area contributed by atoms with Crippen LogP contribution in [0.2, 0.25) is 0 Å². The first kappa shape index (κ1) is 24.1. The molecular formula is C30H31FN4O. The number of ether oxygens (including phenoxy) is 1. The number of benzene rings is 3. The Hall–Kier alpha value is -3.61. The Balaban J connectivity index is 1.17. The van der Waals surface area contributed by atoms with Gasteiger partial charge in [0.05, 0.1) is 6.04 Å². The van der Waals surface area contributed by atoms with Crippen molar-refractivity contribution in [2.45, 2.75) is 13.0 Å². The van der Waals surface area contributed by atoms with Crippen molar-refractivity contribution >= 4 is 0 Å². The van der Waals surface area contributed by atoms with Gasteiger partial charge in [-0.05, 0) is 42.3 Å². The lowest BCUT2D eigenvalue weighted by Crippen LogP contribution is -2.48. The summed E-state index contributed by atoms with van der Waals surface area (Å²) in [5.74, 6) is 0.821. The van der Waals surface area contributed by atoms with E-state index in [0.29, 0.717) is 18.3 Å². The lowest BCUT2D eigenvalue weighted by atomic mass is 9.96. The summed E-state index contributed by atoms with van der Waals surface area (Å²) < 4.78 is 19.3. The highest BCUT2D eigenvalue weighted by atomic mass is 19.1. The Morgan fingerprint density at radius 3 is 2.03 bits per heavy atom. The van der Waals surface area contributed by atoms with Gasteiger partial charge in [-0.2, -0.15) is 4.98 Å². The van der Waals surface area contributed by atoms with Crippen LogP contribution < -0.4 is 4.74 Å². The molecule has 0 atom stereocenters. The molecular weight excluding hydrogens is 451 g/mol. The highest BCUT2D eigenvalue weighted by Gasteiger charge is 2.26. The molecule has 1 fully saturated rings. The van der Waals surface area contributed by atoms with E-state index in [1.165, 1.54) is 23.3 Å². The number of nitrogens with zero attached hydrogens (tertiary/aromatic N) is 4. The van der Waals surface area contributed by atoms with E-state index in [2.05, 4.69) is 80.4 Å². The van der Waals surface area contributed by atoms with Crippen molar-refractivity contribution in [1.29, 1.82) is 0 Å². The zero-order valence-electron chi connectivity index (χ0n) is 20.6. The maximum atomic E-state index is 13.3. The van der Waals surface area contributed by atoms with Gasteiger partial charge in [-0.3, -0.25) is 9.80 Å². The molecule has 0 saturated carbocycles. The van der Waals surface area contributed by atoms with Crippen molar-refractivity contribution in [2.24, 2.45) is 0 Å². The molecule has 0 radical (unpaired) electrons. The minimum absolute atomic E-state index is 0.264. The average Bonchev–Trinajstić information content (AvgIpc) is 2.91. The first-order valence-corrected chi connectivity index (χ1v) is 12.5. The van der Waals surface area contributed by atoms with Crippen molar-refractivity contribution in [2.75, 3.05) is 39.3 Å². The summed E-state index contributed by atoms with van der Waals surface area (Å²) in [4.78, 5) is 14.0. The summed E-state index contributed by atoms with van der Waals surface area (Å²) in [5.41, 5.74) is 4.25. The summed E-state index contributed by atoms with van der Waals surface area (Å²) in [6, 6.07) is 29.8. The standard InChI is InChI=1S/C30H31FN4O/c1-23-22-28(33-30(32-23)26-12-14-27(31)15-13-26)36-21-20-34-16-18-35(19-17-34)29(24-8-4-2-5-9-24)25-10-6-3-7-11-25/h2-15,22,29H,16-21H2,1H3. The van der Waals surface area contributed by atoms with Crippen LogP contribution in [0.3, 0.4) is 0 Å². The van der Waals surface area contributed by atoms with E-state index in [1.54, 1.807) is 12.1 Å². The van der Waals surface area contributed by atoms with Crippen molar-refractivity contribution in [1.82, 2.24) is 19.8 Å². The SMILES string of the molecule is Cc1cc(OCCN2CCN(C(c3ccccc3)c3ccccc3)CC2)nc(-c2ccc(F)cc2)n1. The highest BCUT2D eigenvalue weighted by Crippen LogP contribution is 2.29. The fourth-order valence-electron chi connectivity index (χ4n) is 4.75. The fourth-order valence-corrected chi connectivity index (χ4v) is 4.75. The Kier molecular flexibility index (Phi) is 7.64. The topological polar surface area (TPSA) is 41.5 Å². The molecule has 1 aromatic heterocycles. The van der Waals surface area contributed by atoms with Gasteiger partial charge in [-0.1, -0.05) is 60.7 Å². The van der Waals surface area contributed by atoms with Gasteiger partial charge in [0.2, 0.25) is 5.88 Å². The van der Waals surface area contributed by atoms with Gasteiger partial charge in [0.15, 0.2) is 5.82 Å². The number of aromatic nitrogens is 2. The van der Waals surface area contributed by atoms with Crippen LogP contribution in [-0.4, -0.2) is 59.1 Å². The maximum Gasteiger partial charge on any atom is 0.217 e. The molecule has 0 N–H and O–H groups in total. The lowest BCUT2D eigenvalue weighted by Gasteiger charge is -2.39. The van der Waals surface area contributed by atoms with Crippen molar-refractivity contribution < 1.29 is 9.13 Å². The van der Waals surface area contributed by atoms with Crippen LogP contribution in [0.1, 0.15) is 22.9 Å². The second-order valence-electron chi connectivity index (χ2n) is 9.13. The molecule has 0 amide bonds. The van der Waals surface area contributed by atoms with Gasteiger partial charge < -0.3 is 4.74 Å². The molecule has 5 nitrogen and oxygen atoms in total. The Morgan fingerprint density at radius 1 is 0.806 bits per heavy atom. The Bertz CT molecular complexity index is 1200. The third-order valence-electron chi connectivity index (χ3n) is 6.59. The first-order chi connectivity index (χ1) is 17.7. The number of aryl methyl sites for hydroxylation is 1. The van der Waals surface area contributed by atoms with E-state index < -0.39 is 0 Å². The van der Waals surface area contributed by atoms with Crippen LogP contribution in [-0.2, 0) is 0 Å². The largest absolute Gasteiger partial charge is 0.476 e. The van der Waals surface area contributed by atoms with Crippen LogP contribution >= 0.6 is 0 Å². The quantitative estimate of drug-likeness (QED) is 0.337. The lowest BCUT2D eigenvalue weighted by molar-refractivity contribution is 0.0971. The zero-order valence-corrected chi connectivity index (χ0v) is 20.6. The number of halogens is 1. The summed E-state index contributed by atoms with van der Waals surface area (Å²) in [6.45, 7) is 7.28. The molecule has 0 spiro atoms. The first-order valence-electron chi connectivity index (χ1n) is 12.5. The zero-order chi connectivity index (χ0) is 24.7. The summed E-state index contributed by atoms with van der Waals surface area (Å²) in [7, 11) is 0. The van der Waals surface area contributed by atoms with Crippen molar-refractivity contribution in [3.8, 4) is 17.3 Å². The van der Waals surface area contributed by atoms with Crippen LogP contribution in [0.5, 0.6) is 5.88 Å². The molecule has 5 rings (SSSR count). The number of hydrogen-bond acceptors (Lipinski definition) is 5. The van der Waals surface area contributed by atoms with Gasteiger partial charge in [-0.15, -0.1) is 0 Å². The van der Waals surface area contributed by atoms with Gasteiger partial charge in [-0.25, -0.2) is 9.37 Å². The summed E-state index contributed by atoms with van der Waals surface area (Å²) in [6.07, 6.45) is 0. The molecule has 36 heavy (non-hydrogen) atoms. The molecule has 1 aliphatic heterocycles. The van der Waals surface area contributed by atoms with E-state index in [4.69, 9.17) is 4.74 Å². The summed E-state index contributed by atoms with van der Waals surface area (Å²) in [5, 5.41) is 0. The molecule has 1 aliphatic rings. The molecule has 0 unspecified atom stereocenters. The molecule has 184 valence electrons. The van der Waals surface area contributed by atoms with Gasteiger partial charge in [0.1, 0.15) is 12.4 Å². The predicted molar refractivity (Wildman–Crippen MR) is 140 cm³/mol.